The lowest BCUT2D eigenvalue weighted by Crippen LogP contribution is -2.33. The average molecular weight is 301 g/mol. The van der Waals surface area contributed by atoms with Crippen LogP contribution in [0.2, 0.25) is 0 Å². The van der Waals surface area contributed by atoms with Crippen molar-refractivity contribution in [2.45, 2.75) is 18.8 Å². The molecule has 1 nitrogen and oxygen atoms in total. The first-order valence-electron chi connectivity index (χ1n) is 5.62. The molecule has 0 fully saturated rings. The van der Waals surface area contributed by atoms with Crippen molar-refractivity contribution in [2.75, 3.05) is 0 Å². The Morgan fingerprint density at radius 1 is 1.32 bits per heavy atom. The van der Waals surface area contributed by atoms with Gasteiger partial charge in [-0.25, -0.2) is 8.78 Å². The Morgan fingerprint density at radius 2 is 2.05 bits per heavy atom. The molecule has 0 amide bonds. The lowest BCUT2D eigenvalue weighted by molar-refractivity contribution is -0.116. The third kappa shape index (κ3) is 2.69. The summed E-state index contributed by atoms with van der Waals surface area (Å²) < 4.78 is 27.2. The van der Waals surface area contributed by atoms with Crippen LogP contribution in [0.15, 0.2) is 35.7 Å². The molecule has 0 aliphatic carbocycles. The van der Waals surface area contributed by atoms with Gasteiger partial charge in [0.05, 0.1) is 5.41 Å². The molecule has 0 bridgehead atoms. The van der Waals surface area contributed by atoms with Crippen LogP contribution in [0, 0.1) is 11.6 Å². The van der Waals surface area contributed by atoms with E-state index in [-0.39, 0.29) is 12.0 Å². The summed E-state index contributed by atoms with van der Waals surface area (Å²) in [6, 6.07) is 7.46. The van der Waals surface area contributed by atoms with Crippen molar-refractivity contribution in [1.82, 2.24) is 0 Å². The van der Waals surface area contributed by atoms with Crippen molar-refractivity contribution in [2.24, 2.45) is 0 Å². The Hall–Kier alpha value is -1.26. The maximum Gasteiger partial charge on any atom is 0.232 e. The Labute approximate surface area is 118 Å². The topological polar surface area (TPSA) is 17.1 Å². The van der Waals surface area contributed by atoms with Gasteiger partial charge in [-0.05, 0) is 42.5 Å². The Morgan fingerprint density at radius 3 is 2.63 bits per heavy atom. The van der Waals surface area contributed by atoms with E-state index in [1.165, 1.54) is 30.4 Å². The second kappa shape index (κ2) is 5.39. The van der Waals surface area contributed by atoms with E-state index in [0.717, 1.165) is 10.9 Å². The lowest BCUT2D eigenvalue weighted by Gasteiger charge is -2.26. The van der Waals surface area contributed by atoms with Gasteiger partial charge in [0.1, 0.15) is 0 Å². The maximum atomic E-state index is 13.9. The molecular weight excluding hydrogens is 290 g/mol. The van der Waals surface area contributed by atoms with Gasteiger partial charge in [-0.2, -0.15) is 0 Å². The fourth-order valence-electron chi connectivity index (χ4n) is 1.96. The second-order valence-electron chi connectivity index (χ2n) is 4.46. The second-order valence-corrected chi connectivity index (χ2v) is 5.84. The third-order valence-electron chi connectivity index (χ3n) is 3.09. The molecule has 0 N–H and O–H groups in total. The van der Waals surface area contributed by atoms with Crippen LogP contribution < -0.4 is 0 Å². The van der Waals surface area contributed by atoms with Gasteiger partial charge in [-0.1, -0.05) is 18.2 Å². The van der Waals surface area contributed by atoms with E-state index in [1.54, 1.807) is 0 Å². The molecule has 5 heteroatoms. The van der Waals surface area contributed by atoms with E-state index in [0.29, 0.717) is 0 Å². The van der Waals surface area contributed by atoms with Gasteiger partial charge in [0.2, 0.25) is 5.24 Å². The largest absolute Gasteiger partial charge is 0.280 e. The van der Waals surface area contributed by atoms with E-state index >= 15 is 0 Å². The van der Waals surface area contributed by atoms with Gasteiger partial charge in [0, 0.05) is 10.4 Å². The molecule has 0 spiro atoms. The van der Waals surface area contributed by atoms with Gasteiger partial charge in [-0.3, -0.25) is 4.79 Å². The summed E-state index contributed by atoms with van der Waals surface area (Å²) in [6.07, 6.45) is 0.243. The van der Waals surface area contributed by atoms with Crippen molar-refractivity contribution < 1.29 is 13.6 Å². The fourth-order valence-corrected chi connectivity index (χ4v) is 2.99. The Kier molecular flexibility index (Phi) is 4.02. The van der Waals surface area contributed by atoms with Crippen molar-refractivity contribution in [1.29, 1.82) is 0 Å². The van der Waals surface area contributed by atoms with Gasteiger partial charge in [-0.15, -0.1) is 11.3 Å². The molecule has 1 aromatic carbocycles. The highest BCUT2D eigenvalue weighted by Crippen LogP contribution is 2.34. The number of thiophene rings is 1. The Balaban J connectivity index is 2.50. The molecule has 1 heterocycles. The molecule has 0 aliphatic heterocycles. The van der Waals surface area contributed by atoms with Gasteiger partial charge < -0.3 is 0 Å². The maximum absolute atomic E-state index is 13.9. The molecule has 19 heavy (non-hydrogen) atoms. The minimum Gasteiger partial charge on any atom is -0.280 e. The van der Waals surface area contributed by atoms with Gasteiger partial charge in [0.25, 0.3) is 0 Å². The SMILES string of the molecule is CC(Cc1cccs1)(C(=O)Cl)c1cccc(F)c1F. The molecular formula is C14H11ClF2OS. The summed E-state index contributed by atoms with van der Waals surface area (Å²) in [5.41, 5.74) is -1.29. The van der Waals surface area contributed by atoms with Crippen molar-refractivity contribution >= 4 is 28.2 Å². The number of carbonyl (C=O) groups is 1. The number of halogens is 3. The Bertz CT molecular complexity index is 597. The van der Waals surface area contributed by atoms with Crippen LogP contribution >= 0.6 is 22.9 Å². The van der Waals surface area contributed by atoms with Crippen LogP contribution in [0.4, 0.5) is 8.78 Å². The first kappa shape index (κ1) is 14.2. The number of benzene rings is 1. The molecule has 0 radical (unpaired) electrons. The standard InChI is InChI=1S/C14H11ClF2OS/c1-14(13(15)18,8-9-4-3-7-19-9)10-5-2-6-11(16)12(10)17/h2-7H,8H2,1H3. The predicted molar refractivity (Wildman–Crippen MR) is 72.6 cm³/mol. The minimum atomic E-state index is -1.28. The number of hydrogen-bond acceptors (Lipinski definition) is 2. The normalized spacial score (nSPS) is 14.1. The molecule has 0 saturated carbocycles. The monoisotopic (exact) mass is 300 g/mol. The zero-order valence-corrected chi connectivity index (χ0v) is 11.7. The molecule has 0 saturated heterocycles. The lowest BCUT2D eigenvalue weighted by atomic mass is 9.80. The van der Waals surface area contributed by atoms with E-state index in [2.05, 4.69) is 0 Å². The molecule has 1 atom stereocenters. The van der Waals surface area contributed by atoms with Crippen LogP contribution in [0.3, 0.4) is 0 Å². The summed E-state index contributed by atoms with van der Waals surface area (Å²) in [6.45, 7) is 1.53. The number of rotatable bonds is 4. The van der Waals surface area contributed by atoms with Gasteiger partial charge in [0.15, 0.2) is 11.6 Å². The molecule has 0 aliphatic rings. The molecule has 2 rings (SSSR count). The average Bonchev–Trinajstić information content (AvgIpc) is 2.85. The molecule has 1 unspecified atom stereocenters. The van der Waals surface area contributed by atoms with Crippen molar-refractivity contribution in [3.8, 4) is 0 Å². The minimum absolute atomic E-state index is 0.0131. The first-order chi connectivity index (χ1) is 8.95. The highest BCUT2D eigenvalue weighted by atomic mass is 35.5. The quantitative estimate of drug-likeness (QED) is 0.770. The highest BCUT2D eigenvalue weighted by Gasteiger charge is 2.37. The van der Waals surface area contributed by atoms with Crippen LogP contribution in [0.5, 0.6) is 0 Å². The number of hydrogen-bond donors (Lipinski definition) is 0. The zero-order valence-electron chi connectivity index (χ0n) is 10.1. The van der Waals surface area contributed by atoms with Crippen LogP contribution in [-0.2, 0) is 16.6 Å². The predicted octanol–water partition coefficient (Wildman–Crippen LogP) is 4.29. The van der Waals surface area contributed by atoms with Crippen LogP contribution in [-0.4, -0.2) is 5.24 Å². The molecule has 2 aromatic rings. The molecule has 1 aromatic heterocycles. The van der Waals surface area contributed by atoms with Crippen LogP contribution in [0.25, 0.3) is 0 Å². The van der Waals surface area contributed by atoms with E-state index in [4.69, 9.17) is 11.6 Å². The smallest absolute Gasteiger partial charge is 0.232 e. The summed E-state index contributed by atoms with van der Waals surface area (Å²) in [4.78, 5) is 12.6. The van der Waals surface area contributed by atoms with E-state index < -0.39 is 22.3 Å². The number of carbonyl (C=O) groups excluding carboxylic acids is 1. The van der Waals surface area contributed by atoms with Crippen molar-refractivity contribution in [3.63, 3.8) is 0 Å². The summed E-state index contributed by atoms with van der Waals surface area (Å²) in [5, 5.41) is 1.15. The van der Waals surface area contributed by atoms with E-state index in [9.17, 15) is 13.6 Å². The molecule has 100 valence electrons. The first-order valence-corrected chi connectivity index (χ1v) is 6.87. The summed E-state index contributed by atoms with van der Waals surface area (Å²) >= 11 is 7.08. The van der Waals surface area contributed by atoms with Crippen LogP contribution in [0.1, 0.15) is 17.4 Å². The summed E-state index contributed by atoms with van der Waals surface area (Å²) in [5.74, 6) is -2.00. The summed E-state index contributed by atoms with van der Waals surface area (Å²) in [7, 11) is 0. The van der Waals surface area contributed by atoms with Crippen molar-refractivity contribution in [3.05, 3.63) is 57.8 Å². The zero-order chi connectivity index (χ0) is 14.0. The highest BCUT2D eigenvalue weighted by molar-refractivity contribution is 7.09. The third-order valence-corrected chi connectivity index (χ3v) is 4.38. The van der Waals surface area contributed by atoms with Gasteiger partial charge >= 0.3 is 0 Å². The van der Waals surface area contributed by atoms with E-state index in [1.807, 2.05) is 17.5 Å². The fraction of sp³-hybridized carbons (Fsp3) is 0.214.